The first-order valence-electron chi connectivity index (χ1n) is 11.0. The fraction of sp³-hybridized carbons (Fsp3) is 0.400. The van der Waals surface area contributed by atoms with Crippen LogP contribution in [0.15, 0.2) is 48.5 Å². The molecule has 0 aromatic heterocycles. The Morgan fingerprint density at radius 2 is 1.78 bits per heavy atom. The highest BCUT2D eigenvalue weighted by molar-refractivity contribution is 5.91. The van der Waals surface area contributed by atoms with E-state index in [0.717, 1.165) is 24.2 Å². The van der Waals surface area contributed by atoms with Crippen molar-refractivity contribution < 1.29 is 23.4 Å². The van der Waals surface area contributed by atoms with Crippen molar-refractivity contribution in [2.24, 2.45) is 0 Å². The molecule has 7 heteroatoms. The summed E-state index contributed by atoms with van der Waals surface area (Å²) in [5, 5.41) is 2.98. The summed E-state index contributed by atoms with van der Waals surface area (Å²) in [4.78, 5) is 14.8. The Hall–Kier alpha value is -2.90. The maximum Gasteiger partial charge on any atom is 0.244 e. The highest BCUT2D eigenvalue weighted by atomic mass is 19.1. The summed E-state index contributed by atoms with van der Waals surface area (Å²) in [5.74, 6) is 0.865. The molecule has 0 aliphatic carbocycles. The number of carbonyl (C=O) groups is 1. The Balaban J connectivity index is 1.65. The smallest absolute Gasteiger partial charge is 0.244 e. The standard InChI is InChI=1S/C25H31FN2O4/c1-3-31-23-11-5-19(17-24(23)32-4-2)6-12-25(29)27-18-22(28-13-15-30-16-14-28)20-7-9-21(26)10-8-20/h5-12,17,22H,3-4,13-16,18H2,1-2H3,(H,27,29)/b12-6+. The number of hydrogen-bond donors (Lipinski definition) is 1. The van der Waals surface area contributed by atoms with E-state index in [4.69, 9.17) is 14.2 Å². The van der Waals surface area contributed by atoms with Crippen molar-refractivity contribution in [3.8, 4) is 11.5 Å². The first kappa shape index (κ1) is 23.8. The highest BCUT2D eigenvalue weighted by Gasteiger charge is 2.23. The summed E-state index contributed by atoms with van der Waals surface area (Å²) >= 11 is 0. The Bertz CT molecular complexity index is 895. The number of carbonyl (C=O) groups excluding carboxylic acids is 1. The SMILES string of the molecule is CCOc1ccc(/C=C/C(=O)NCC(c2ccc(F)cc2)N2CCOCC2)cc1OCC. The zero-order chi connectivity index (χ0) is 22.8. The summed E-state index contributed by atoms with van der Waals surface area (Å²) in [6, 6.07) is 12.0. The van der Waals surface area contributed by atoms with Gasteiger partial charge in [-0.15, -0.1) is 0 Å². The second kappa shape index (κ2) is 12.2. The van der Waals surface area contributed by atoms with E-state index in [1.165, 1.54) is 18.2 Å². The van der Waals surface area contributed by atoms with Gasteiger partial charge in [0.2, 0.25) is 5.91 Å². The summed E-state index contributed by atoms with van der Waals surface area (Å²) < 4.78 is 30.0. The molecule has 1 amide bonds. The molecule has 1 fully saturated rings. The molecule has 1 saturated heterocycles. The molecule has 0 bridgehead atoms. The average molecular weight is 443 g/mol. The molecule has 1 N–H and O–H groups in total. The lowest BCUT2D eigenvalue weighted by molar-refractivity contribution is -0.116. The quantitative estimate of drug-likeness (QED) is 0.567. The number of amides is 1. The molecule has 1 heterocycles. The Kier molecular flexibility index (Phi) is 9.07. The van der Waals surface area contributed by atoms with Gasteiger partial charge in [-0.1, -0.05) is 18.2 Å². The Labute approximate surface area is 189 Å². The van der Waals surface area contributed by atoms with Crippen LogP contribution in [0.1, 0.15) is 31.0 Å². The normalized spacial score (nSPS) is 15.5. The van der Waals surface area contributed by atoms with Crippen LogP contribution < -0.4 is 14.8 Å². The predicted molar refractivity (Wildman–Crippen MR) is 122 cm³/mol. The summed E-state index contributed by atoms with van der Waals surface area (Å²) in [7, 11) is 0. The van der Waals surface area contributed by atoms with Crippen LogP contribution in [0.4, 0.5) is 4.39 Å². The maximum atomic E-state index is 13.4. The van der Waals surface area contributed by atoms with Crippen LogP contribution in [0.5, 0.6) is 11.5 Å². The van der Waals surface area contributed by atoms with Crippen LogP contribution in [0.25, 0.3) is 6.08 Å². The minimum atomic E-state index is -0.275. The lowest BCUT2D eigenvalue weighted by atomic mass is 10.0. The Morgan fingerprint density at radius 3 is 2.47 bits per heavy atom. The zero-order valence-corrected chi connectivity index (χ0v) is 18.7. The van der Waals surface area contributed by atoms with Gasteiger partial charge in [0.15, 0.2) is 11.5 Å². The number of rotatable bonds is 10. The third-order valence-electron chi connectivity index (χ3n) is 5.21. The van der Waals surface area contributed by atoms with Crippen molar-refractivity contribution in [3.05, 3.63) is 65.5 Å². The van der Waals surface area contributed by atoms with Crippen LogP contribution in [-0.2, 0) is 9.53 Å². The molecule has 1 aliphatic rings. The van der Waals surface area contributed by atoms with Gasteiger partial charge in [0, 0.05) is 25.7 Å². The van der Waals surface area contributed by atoms with E-state index in [1.807, 2.05) is 32.0 Å². The van der Waals surface area contributed by atoms with Gasteiger partial charge < -0.3 is 19.5 Å². The van der Waals surface area contributed by atoms with Crippen LogP contribution in [0, 0.1) is 5.82 Å². The molecule has 0 radical (unpaired) electrons. The van der Waals surface area contributed by atoms with Crippen molar-refractivity contribution in [1.82, 2.24) is 10.2 Å². The van der Waals surface area contributed by atoms with E-state index in [9.17, 15) is 9.18 Å². The van der Waals surface area contributed by atoms with Gasteiger partial charge in [-0.2, -0.15) is 0 Å². The van der Waals surface area contributed by atoms with Crippen molar-refractivity contribution in [1.29, 1.82) is 0 Å². The van der Waals surface area contributed by atoms with E-state index in [1.54, 1.807) is 18.2 Å². The fourth-order valence-electron chi connectivity index (χ4n) is 3.63. The number of ether oxygens (including phenoxy) is 3. The number of halogens is 1. The van der Waals surface area contributed by atoms with Gasteiger partial charge >= 0.3 is 0 Å². The average Bonchev–Trinajstić information content (AvgIpc) is 2.81. The second-order valence-electron chi connectivity index (χ2n) is 7.37. The van der Waals surface area contributed by atoms with E-state index in [2.05, 4.69) is 10.2 Å². The van der Waals surface area contributed by atoms with Crippen LogP contribution in [0.3, 0.4) is 0 Å². The molecule has 32 heavy (non-hydrogen) atoms. The monoisotopic (exact) mass is 442 g/mol. The topological polar surface area (TPSA) is 60.0 Å². The number of morpholine rings is 1. The van der Waals surface area contributed by atoms with E-state index < -0.39 is 0 Å². The van der Waals surface area contributed by atoms with Gasteiger partial charge in [0.25, 0.3) is 0 Å². The van der Waals surface area contributed by atoms with E-state index >= 15 is 0 Å². The molecule has 172 valence electrons. The van der Waals surface area contributed by atoms with Gasteiger partial charge in [-0.05, 0) is 55.3 Å². The van der Waals surface area contributed by atoms with E-state index in [0.29, 0.717) is 44.5 Å². The molecule has 2 aromatic rings. The third kappa shape index (κ3) is 6.80. The molecular formula is C25H31FN2O4. The lowest BCUT2D eigenvalue weighted by Crippen LogP contribution is -2.43. The number of hydrogen-bond acceptors (Lipinski definition) is 5. The maximum absolute atomic E-state index is 13.4. The predicted octanol–water partition coefficient (Wildman–Crippen LogP) is 3.83. The molecule has 1 aliphatic heterocycles. The molecular weight excluding hydrogens is 411 g/mol. The minimum Gasteiger partial charge on any atom is -0.490 e. The van der Waals surface area contributed by atoms with Crippen molar-refractivity contribution >= 4 is 12.0 Å². The first-order valence-corrected chi connectivity index (χ1v) is 11.0. The second-order valence-corrected chi connectivity index (χ2v) is 7.37. The van der Waals surface area contributed by atoms with Gasteiger partial charge in [-0.25, -0.2) is 4.39 Å². The minimum absolute atomic E-state index is 0.0492. The van der Waals surface area contributed by atoms with Crippen LogP contribution in [0.2, 0.25) is 0 Å². The lowest BCUT2D eigenvalue weighted by Gasteiger charge is -2.34. The number of benzene rings is 2. The largest absolute Gasteiger partial charge is 0.490 e. The molecule has 1 atom stereocenters. The highest BCUT2D eigenvalue weighted by Crippen LogP contribution is 2.29. The molecule has 2 aromatic carbocycles. The molecule has 3 rings (SSSR count). The van der Waals surface area contributed by atoms with Crippen molar-refractivity contribution in [2.75, 3.05) is 46.1 Å². The molecule has 6 nitrogen and oxygen atoms in total. The van der Waals surface area contributed by atoms with E-state index in [-0.39, 0.29) is 17.8 Å². The van der Waals surface area contributed by atoms with Crippen LogP contribution in [-0.4, -0.2) is 56.9 Å². The fourth-order valence-corrected chi connectivity index (χ4v) is 3.63. The summed E-state index contributed by atoms with van der Waals surface area (Å²) in [6.45, 7) is 8.15. The Morgan fingerprint density at radius 1 is 1.09 bits per heavy atom. The first-order chi connectivity index (χ1) is 15.6. The summed E-state index contributed by atoms with van der Waals surface area (Å²) in [5.41, 5.74) is 1.81. The molecule has 0 spiro atoms. The van der Waals surface area contributed by atoms with Gasteiger partial charge in [-0.3, -0.25) is 9.69 Å². The van der Waals surface area contributed by atoms with Gasteiger partial charge in [0.05, 0.1) is 32.5 Å². The third-order valence-corrected chi connectivity index (χ3v) is 5.21. The van der Waals surface area contributed by atoms with Gasteiger partial charge in [0.1, 0.15) is 5.82 Å². The molecule has 1 unspecified atom stereocenters. The summed E-state index contributed by atoms with van der Waals surface area (Å²) in [6.07, 6.45) is 3.25. The number of nitrogens with one attached hydrogen (secondary N) is 1. The van der Waals surface area contributed by atoms with Crippen molar-refractivity contribution in [2.45, 2.75) is 19.9 Å². The van der Waals surface area contributed by atoms with Crippen molar-refractivity contribution in [3.63, 3.8) is 0 Å². The zero-order valence-electron chi connectivity index (χ0n) is 18.7. The van der Waals surface area contributed by atoms with Crippen LogP contribution >= 0.6 is 0 Å². The molecule has 0 saturated carbocycles. The number of nitrogens with zero attached hydrogens (tertiary/aromatic N) is 1.